The van der Waals surface area contributed by atoms with Crippen LogP contribution < -0.4 is 0 Å². The molecule has 1 aromatic rings. The van der Waals surface area contributed by atoms with E-state index in [4.69, 9.17) is 16.3 Å². The lowest BCUT2D eigenvalue weighted by atomic mass is 10.0. The largest absolute Gasteiger partial charge is 0.362 e. The Morgan fingerprint density at radius 2 is 1.75 bits per heavy atom. The van der Waals surface area contributed by atoms with E-state index in [0.717, 1.165) is 5.56 Å². The van der Waals surface area contributed by atoms with Crippen molar-refractivity contribution in [3.63, 3.8) is 0 Å². The number of rotatable bonds is 3. The molecule has 24 heavy (non-hydrogen) atoms. The quantitative estimate of drug-likeness (QED) is 0.770. The highest BCUT2D eigenvalue weighted by atomic mass is 35.5. The lowest BCUT2D eigenvalue weighted by Crippen LogP contribution is -2.55. The van der Waals surface area contributed by atoms with Crippen LogP contribution in [-0.2, 0) is 25.5 Å². The normalized spacial score (nSPS) is 19.7. The first kappa shape index (κ1) is 16.9. The minimum Gasteiger partial charge on any atom is -0.362 e. The van der Waals surface area contributed by atoms with Crippen molar-refractivity contribution >= 4 is 29.3 Å². The molecule has 0 unspecified atom stereocenters. The molecule has 7 heteroatoms. The Morgan fingerprint density at radius 1 is 1.12 bits per heavy atom. The molecule has 2 saturated heterocycles. The molecule has 0 radical (unpaired) electrons. The number of morpholine rings is 1. The number of halogens is 1. The van der Waals surface area contributed by atoms with Gasteiger partial charge in [0.05, 0.1) is 6.42 Å². The molecule has 0 N–H and O–H groups in total. The predicted molar refractivity (Wildman–Crippen MR) is 87.4 cm³/mol. The third-order valence-electron chi connectivity index (χ3n) is 4.47. The molecule has 2 fully saturated rings. The van der Waals surface area contributed by atoms with E-state index in [1.54, 1.807) is 11.0 Å². The van der Waals surface area contributed by atoms with E-state index in [9.17, 15) is 14.4 Å². The highest BCUT2D eigenvalue weighted by molar-refractivity contribution is 6.31. The smallest absolute Gasteiger partial charge is 0.255 e. The van der Waals surface area contributed by atoms with Gasteiger partial charge in [0.15, 0.2) is 0 Å². The first-order valence-corrected chi connectivity index (χ1v) is 8.38. The van der Waals surface area contributed by atoms with Gasteiger partial charge >= 0.3 is 0 Å². The van der Waals surface area contributed by atoms with Crippen molar-refractivity contribution in [2.45, 2.75) is 25.3 Å². The second-order valence-corrected chi connectivity index (χ2v) is 6.44. The summed E-state index contributed by atoms with van der Waals surface area (Å²) < 4.78 is 4.93. The summed E-state index contributed by atoms with van der Waals surface area (Å²) in [6, 6.07) is 7.16. The zero-order chi connectivity index (χ0) is 17.1. The van der Waals surface area contributed by atoms with Gasteiger partial charge in [0, 0.05) is 24.2 Å². The Morgan fingerprint density at radius 3 is 2.38 bits per heavy atom. The Bertz CT molecular complexity index is 640. The maximum atomic E-state index is 12.4. The number of piperidine rings is 1. The Balaban J connectivity index is 1.57. The number of carbonyl (C=O) groups is 3. The number of ether oxygens (including phenoxy) is 1. The molecule has 0 spiro atoms. The van der Waals surface area contributed by atoms with Gasteiger partial charge < -0.3 is 9.64 Å². The first-order valence-electron chi connectivity index (χ1n) is 8.00. The van der Waals surface area contributed by atoms with Gasteiger partial charge in [-0.2, -0.15) is 0 Å². The molecule has 0 atom stereocenters. The van der Waals surface area contributed by atoms with Gasteiger partial charge in [0.25, 0.3) is 11.8 Å². The second kappa shape index (κ2) is 7.32. The topological polar surface area (TPSA) is 66.9 Å². The van der Waals surface area contributed by atoms with Gasteiger partial charge in [0.1, 0.15) is 13.2 Å². The van der Waals surface area contributed by atoms with E-state index in [1.165, 1.54) is 4.90 Å². The Hall–Kier alpha value is -1.92. The molecule has 0 aromatic heterocycles. The lowest BCUT2D eigenvalue weighted by Gasteiger charge is -2.38. The fourth-order valence-electron chi connectivity index (χ4n) is 3.20. The summed E-state index contributed by atoms with van der Waals surface area (Å²) in [6.45, 7) is 0.979. The van der Waals surface area contributed by atoms with Crippen molar-refractivity contribution in [1.82, 2.24) is 9.80 Å². The average molecular weight is 351 g/mol. The highest BCUT2D eigenvalue weighted by Gasteiger charge is 2.35. The van der Waals surface area contributed by atoms with Crippen LogP contribution in [0.2, 0.25) is 5.02 Å². The van der Waals surface area contributed by atoms with E-state index in [2.05, 4.69) is 0 Å². The van der Waals surface area contributed by atoms with E-state index < -0.39 is 0 Å². The zero-order valence-corrected chi connectivity index (χ0v) is 14.0. The van der Waals surface area contributed by atoms with Gasteiger partial charge in [-0.15, -0.1) is 0 Å². The number of amides is 3. The standard InChI is InChI=1S/C17H19ClN2O4/c18-14-4-2-1-3-12(14)9-15(21)19-7-5-13(6-8-19)20-16(22)10-24-11-17(20)23/h1-4,13H,5-11H2. The molecule has 2 aliphatic rings. The summed E-state index contributed by atoms with van der Waals surface area (Å²) in [5, 5.41) is 0.588. The van der Waals surface area contributed by atoms with Crippen molar-refractivity contribution in [1.29, 1.82) is 0 Å². The third kappa shape index (κ3) is 3.60. The number of carbonyl (C=O) groups excluding carboxylic acids is 3. The molecule has 0 bridgehead atoms. The first-order chi connectivity index (χ1) is 11.6. The van der Waals surface area contributed by atoms with Gasteiger partial charge in [0.2, 0.25) is 5.91 Å². The Labute approximate surface area is 145 Å². The monoisotopic (exact) mass is 350 g/mol. The molecule has 3 amide bonds. The minimum atomic E-state index is -0.285. The van der Waals surface area contributed by atoms with Crippen LogP contribution in [0.25, 0.3) is 0 Å². The van der Waals surface area contributed by atoms with Crippen LogP contribution in [-0.4, -0.2) is 59.9 Å². The second-order valence-electron chi connectivity index (χ2n) is 6.03. The number of likely N-dealkylation sites (tertiary alicyclic amines) is 1. The van der Waals surface area contributed by atoms with Crippen molar-refractivity contribution in [2.75, 3.05) is 26.3 Å². The van der Waals surface area contributed by atoms with Gasteiger partial charge in [-0.3, -0.25) is 19.3 Å². The van der Waals surface area contributed by atoms with Crippen LogP contribution in [0.3, 0.4) is 0 Å². The summed E-state index contributed by atoms with van der Waals surface area (Å²) >= 11 is 6.10. The maximum absolute atomic E-state index is 12.4. The van der Waals surface area contributed by atoms with Crippen molar-refractivity contribution in [2.24, 2.45) is 0 Å². The fraction of sp³-hybridized carbons (Fsp3) is 0.471. The number of imide groups is 1. The summed E-state index contributed by atoms with van der Waals surface area (Å²) in [6.07, 6.45) is 1.47. The van der Waals surface area contributed by atoms with Gasteiger partial charge in [-0.25, -0.2) is 0 Å². The van der Waals surface area contributed by atoms with Crippen LogP contribution >= 0.6 is 11.6 Å². The van der Waals surface area contributed by atoms with Crippen LogP contribution in [0.5, 0.6) is 0 Å². The van der Waals surface area contributed by atoms with Gasteiger partial charge in [-0.1, -0.05) is 29.8 Å². The molecule has 0 saturated carbocycles. The molecule has 2 aliphatic heterocycles. The summed E-state index contributed by atoms with van der Waals surface area (Å²) in [5.41, 5.74) is 0.810. The zero-order valence-electron chi connectivity index (χ0n) is 13.2. The van der Waals surface area contributed by atoms with Crippen molar-refractivity contribution in [3.8, 4) is 0 Å². The molecule has 6 nitrogen and oxygen atoms in total. The van der Waals surface area contributed by atoms with Crippen LogP contribution in [0.1, 0.15) is 18.4 Å². The molecular formula is C17H19ClN2O4. The number of hydrogen-bond donors (Lipinski definition) is 0. The van der Waals surface area contributed by atoms with Gasteiger partial charge in [-0.05, 0) is 24.5 Å². The predicted octanol–water partition coefficient (Wildman–Crippen LogP) is 1.26. The maximum Gasteiger partial charge on any atom is 0.255 e. The van der Waals surface area contributed by atoms with Crippen LogP contribution in [0.4, 0.5) is 0 Å². The molecule has 128 valence electrons. The summed E-state index contributed by atoms with van der Waals surface area (Å²) in [4.78, 5) is 39.3. The van der Waals surface area contributed by atoms with E-state index in [0.29, 0.717) is 31.0 Å². The van der Waals surface area contributed by atoms with Crippen molar-refractivity contribution < 1.29 is 19.1 Å². The number of nitrogens with zero attached hydrogens (tertiary/aromatic N) is 2. The van der Waals surface area contributed by atoms with Crippen molar-refractivity contribution in [3.05, 3.63) is 34.9 Å². The molecule has 2 heterocycles. The SMILES string of the molecule is O=C(Cc1ccccc1Cl)N1CCC(N2C(=O)COCC2=O)CC1. The molecule has 0 aliphatic carbocycles. The molecule has 1 aromatic carbocycles. The number of hydrogen-bond acceptors (Lipinski definition) is 4. The average Bonchev–Trinajstić information content (AvgIpc) is 2.57. The summed E-state index contributed by atoms with van der Waals surface area (Å²) in [5.74, 6) is -0.555. The lowest BCUT2D eigenvalue weighted by molar-refractivity contribution is -0.162. The Kier molecular flexibility index (Phi) is 5.16. The molecule has 3 rings (SSSR count). The number of benzene rings is 1. The minimum absolute atomic E-state index is 0.0150. The van der Waals surface area contributed by atoms with Crippen LogP contribution in [0, 0.1) is 0 Å². The fourth-order valence-corrected chi connectivity index (χ4v) is 3.40. The van der Waals surface area contributed by atoms with E-state index >= 15 is 0 Å². The highest BCUT2D eigenvalue weighted by Crippen LogP contribution is 2.21. The molecular weight excluding hydrogens is 332 g/mol. The third-order valence-corrected chi connectivity index (χ3v) is 4.84. The summed E-state index contributed by atoms with van der Waals surface area (Å²) in [7, 11) is 0. The van der Waals surface area contributed by atoms with E-state index in [-0.39, 0.29) is 43.4 Å². The van der Waals surface area contributed by atoms with E-state index in [1.807, 2.05) is 18.2 Å². The van der Waals surface area contributed by atoms with Crippen LogP contribution in [0.15, 0.2) is 24.3 Å².